The van der Waals surface area contributed by atoms with Gasteiger partial charge in [0, 0.05) is 17.3 Å². The molecule has 2 N–H and O–H groups in total. The highest BCUT2D eigenvalue weighted by atomic mass is 35.5. The number of hydrogen-bond acceptors (Lipinski definition) is 3. The number of halogens is 4. The maximum Gasteiger partial charge on any atom is 0.434 e. The summed E-state index contributed by atoms with van der Waals surface area (Å²) >= 11 is 1.06. The Hall–Kier alpha value is -0.330. The van der Waals surface area contributed by atoms with Crippen molar-refractivity contribution in [3.8, 4) is 0 Å². The van der Waals surface area contributed by atoms with Crippen molar-refractivity contribution >= 4 is 23.7 Å². The fourth-order valence-electron chi connectivity index (χ4n) is 1.30. The molecule has 0 atom stereocenters. The van der Waals surface area contributed by atoms with E-state index in [-0.39, 0.29) is 17.8 Å². The van der Waals surface area contributed by atoms with Crippen molar-refractivity contribution in [2.45, 2.75) is 24.4 Å². The smallest absolute Gasteiger partial charge is 0.329 e. The summed E-state index contributed by atoms with van der Waals surface area (Å²) in [5.74, 6) is 0. The summed E-state index contributed by atoms with van der Waals surface area (Å²) in [4.78, 5) is 3.60. The van der Waals surface area contributed by atoms with Crippen LogP contribution in [0.15, 0.2) is 5.38 Å². The van der Waals surface area contributed by atoms with Crippen molar-refractivity contribution < 1.29 is 13.2 Å². The standard InChI is InChI=1S/C8H9F3N2S.ClH/c9-8(10,11)5-3-14-6(13-5)7(4-12)1-2-7;/h3H,1-2,4,12H2;1H. The quantitative estimate of drug-likeness (QED) is 0.886. The summed E-state index contributed by atoms with van der Waals surface area (Å²) in [5, 5.41) is 1.60. The Labute approximate surface area is 95.1 Å². The first-order chi connectivity index (χ1) is 6.48. The molecular weight excluding hydrogens is 249 g/mol. The van der Waals surface area contributed by atoms with Gasteiger partial charge in [-0.25, -0.2) is 4.98 Å². The summed E-state index contributed by atoms with van der Waals surface area (Å²) in [7, 11) is 0. The Balaban J connectivity index is 0.00000112. The minimum absolute atomic E-state index is 0. The molecule has 0 radical (unpaired) electrons. The molecule has 1 fully saturated rings. The van der Waals surface area contributed by atoms with E-state index in [0.717, 1.165) is 29.6 Å². The number of thiazole rings is 1. The van der Waals surface area contributed by atoms with Crippen LogP contribution in [0.2, 0.25) is 0 Å². The number of nitrogens with two attached hydrogens (primary N) is 1. The van der Waals surface area contributed by atoms with E-state index in [1.165, 1.54) is 0 Å². The van der Waals surface area contributed by atoms with E-state index in [1.807, 2.05) is 0 Å². The summed E-state index contributed by atoms with van der Waals surface area (Å²) < 4.78 is 36.7. The van der Waals surface area contributed by atoms with E-state index < -0.39 is 11.9 Å². The monoisotopic (exact) mass is 258 g/mol. The Morgan fingerprint density at radius 3 is 2.40 bits per heavy atom. The van der Waals surface area contributed by atoms with E-state index in [9.17, 15) is 13.2 Å². The van der Waals surface area contributed by atoms with Crippen LogP contribution in [0.3, 0.4) is 0 Å². The van der Waals surface area contributed by atoms with E-state index in [4.69, 9.17) is 5.73 Å². The predicted molar refractivity (Wildman–Crippen MR) is 54.3 cm³/mol. The lowest BCUT2D eigenvalue weighted by atomic mass is 10.1. The van der Waals surface area contributed by atoms with Gasteiger partial charge in [-0.05, 0) is 12.8 Å². The molecule has 1 aliphatic rings. The van der Waals surface area contributed by atoms with Gasteiger partial charge in [0.25, 0.3) is 0 Å². The second-order valence-electron chi connectivity index (χ2n) is 3.52. The fraction of sp³-hybridized carbons (Fsp3) is 0.625. The van der Waals surface area contributed by atoms with Gasteiger partial charge < -0.3 is 5.73 Å². The molecule has 86 valence electrons. The van der Waals surface area contributed by atoms with Gasteiger partial charge in [0.2, 0.25) is 0 Å². The van der Waals surface area contributed by atoms with Crippen LogP contribution in [0.4, 0.5) is 13.2 Å². The van der Waals surface area contributed by atoms with Crippen LogP contribution in [0.1, 0.15) is 23.5 Å². The number of hydrogen-bond donors (Lipinski definition) is 1. The van der Waals surface area contributed by atoms with Crippen molar-refractivity contribution in [1.82, 2.24) is 4.98 Å². The van der Waals surface area contributed by atoms with Crippen molar-refractivity contribution in [3.05, 3.63) is 16.1 Å². The van der Waals surface area contributed by atoms with Crippen LogP contribution >= 0.6 is 23.7 Å². The van der Waals surface area contributed by atoms with Crippen LogP contribution in [-0.4, -0.2) is 11.5 Å². The average molecular weight is 259 g/mol. The lowest BCUT2D eigenvalue weighted by Crippen LogP contribution is -2.20. The lowest BCUT2D eigenvalue weighted by molar-refractivity contribution is -0.140. The SMILES string of the molecule is Cl.NCC1(c2nc(C(F)(F)F)cs2)CC1. The Bertz CT molecular complexity index is 346. The maximum absolute atomic E-state index is 12.2. The molecule has 15 heavy (non-hydrogen) atoms. The Morgan fingerprint density at radius 2 is 2.07 bits per heavy atom. The molecule has 1 heterocycles. The number of nitrogens with zero attached hydrogens (tertiary/aromatic N) is 1. The Kier molecular flexibility index (Phi) is 3.33. The van der Waals surface area contributed by atoms with Gasteiger partial charge in [0.05, 0.1) is 0 Å². The second-order valence-corrected chi connectivity index (χ2v) is 4.38. The van der Waals surface area contributed by atoms with E-state index in [2.05, 4.69) is 4.98 Å². The molecule has 7 heteroatoms. The third kappa shape index (κ3) is 2.26. The lowest BCUT2D eigenvalue weighted by Gasteiger charge is -2.07. The van der Waals surface area contributed by atoms with Gasteiger partial charge in [-0.3, -0.25) is 0 Å². The van der Waals surface area contributed by atoms with Crippen molar-refractivity contribution in [2.24, 2.45) is 5.73 Å². The molecule has 0 bridgehead atoms. The van der Waals surface area contributed by atoms with Gasteiger partial charge >= 0.3 is 6.18 Å². The number of rotatable bonds is 2. The molecule has 0 aromatic carbocycles. The topological polar surface area (TPSA) is 38.9 Å². The van der Waals surface area contributed by atoms with Gasteiger partial charge in [0.1, 0.15) is 5.01 Å². The molecule has 1 aliphatic carbocycles. The minimum atomic E-state index is -4.33. The highest BCUT2D eigenvalue weighted by molar-refractivity contribution is 7.09. The molecular formula is C8H10ClF3N2S. The van der Waals surface area contributed by atoms with Crippen LogP contribution in [0, 0.1) is 0 Å². The second kappa shape index (κ2) is 3.92. The predicted octanol–water partition coefficient (Wildman–Crippen LogP) is 2.57. The van der Waals surface area contributed by atoms with E-state index >= 15 is 0 Å². The van der Waals surface area contributed by atoms with Gasteiger partial charge in [-0.15, -0.1) is 23.7 Å². The molecule has 0 spiro atoms. The fourth-order valence-corrected chi connectivity index (χ4v) is 2.40. The van der Waals surface area contributed by atoms with Gasteiger partial charge in [-0.2, -0.15) is 13.2 Å². The molecule has 2 nitrogen and oxygen atoms in total. The zero-order valence-corrected chi connectivity index (χ0v) is 9.31. The zero-order valence-electron chi connectivity index (χ0n) is 7.67. The first kappa shape index (κ1) is 12.7. The molecule has 0 unspecified atom stereocenters. The van der Waals surface area contributed by atoms with E-state index in [0.29, 0.717) is 11.6 Å². The molecule has 1 aromatic heterocycles. The first-order valence-electron chi connectivity index (χ1n) is 4.21. The average Bonchev–Trinajstić information content (AvgIpc) is 2.73. The zero-order chi connectivity index (χ0) is 10.4. The number of aromatic nitrogens is 1. The molecule has 0 saturated heterocycles. The summed E-state index contributed by atoms with van der Waals surface area (Å²) in [5.41, 5.74) is 4.47. The van der Waals surface area contributed by atoms with Crippen molar-refractivity contribution in [2.75, 3.05) is 6.54 Å². The Morgan fingerprint density at radius 1 is 1.47 bits per heavy atom. The highest BCUT2D eigenvalue weighted by Crippen LogP contribution is 2.49. The van der Waals surface area contributed by atoms with Crippen LogP contribution in [0.5, 0.6) is 0 Å². The molecule has 2 rings (SSSR count). The third-order valence-corrected chi connectivity index (χ3v) is 3.58. The third-order valence-electron chi connectivity index (χ3n) is 2.49. The minimum Gasteiger partial charge on any atom is -0.329 e. The van der Waals surface area contributed by atoms with Crippen LogP contribution in [-0.2, 0) is 11.6 Å². The first-order valence-corrected chi connectivity index (χ1v) is 5.09. The summed E-state index contributed by atoms with van der Waals surface area (Å²) in [6.07, 6.45) is -2.62. The molecule has 0 aliphatic heterocycles. The summed E-state index contributed by atoms with van der Waals surface area (Å²) in [6, 6.07) is 0. The van der Waals surface area contributed by atoms with E-state index in [1.54, 1.807) is 0 Å². The van der Waals surface area contributed by atoms with Gasteiger partial charge in [0.15, 0.2) is 5.69 Å². The van der Waals surface area contributed by atoms with Crippen molar-refractivity contribution in [3.63, 3.8) is 0 Å². The normalized spacial score (nSPS) is 18.4. The number of alkyl halides is 3. The van der Waals surface area contributed by atoms with Crippen LogP contribution in [0.25, 0.3) is 0 Å². The largest absolute Gasteiger partial charge is 0.434 e. The van der Waals surface area contributed by atoms with Gasteiger partial charge in [-0.1, -0.05) is 0 Å². The highest BCUT2D eigenvalue weighted by Gasteiger charge is 2.47. The van der Waals surface area contributed by atoms with Crippen molar-refractivity contribution in [1.29, 1.82) is 0 Å². The summed E-state index contributed by atoms with van der Waals surface area (Å²) in [6.45, 7) is 0.387. The molecule has 1 saturated carbocycles. The molecule has 1 aromatic rings. The molecule has 0 amide bonds. The van der Waals surface area contributed by atoms with Crippen LogP contribution < -0.4 is 5.73 Å². The maximum atomic E-state index is 12.2.